The number of rotatable bonds is 5. The molecule has 0 fully saturated rings. The lowest BCUT2D eigenvalue weighted by molar-refractivity contribution is 0.0926. The topological polar surface area (TPSA) is 80.0 Å². The van der Waals surface area contributed by atoms with Crippen molar-refractivity contribution < 1.29 is 4.79 Å². The number of nitrogens with two attached hydrogens (primary N) is 1. The number of nitrogens with one attached hydrogen (secondary N) is 2. The van der Waals surface area contributed by atoms with E-state index in [1.807, 2.05) is 17.5 Å². The number of nitrogen functional groups attached to an aromatic ring is 1. The van der Waals surface area contributed by atoms with Gasteiger partial charge in [-0.15, -0.1) is 11.3 Å². The molecule has 0 aliphatic rings. The predicted molar refractivity (Wildman–Crippen MR) is 81.4 cm³/mol. The zero-order chi connectivity index (χ0) is 14.5. The molecule has 0 bridgehead atoms. The average molecular weight is 290 g/mol. The molecule has 2 heterocycles. The van der Waals surface area contributed by atoms with Crippen LogP contribution < -0.4 is 16.6 Å². The first kappa shape index (κ1) is 14.5. The molecule has 2 aromatic rings. The smallest absolute Gasteiger partial charge is 0.251 e. The summed E-state index contributed by atoms with van der Waals surface area (Å²) in [5.41, 5.74) is 2.97. The molecule has 0 aromatic carbocycles. The Hall–Kier alpha value is -1.92. The number of pyridine rings is 1. The van der Waals surface area contributed by atoms with Crippen LogP contribution in [0.15, 0.2) is 35.8 Å². The number of hydrogen-bond donors (Lipinski definition) is 3. The molecular formula is C14H18N4OS. The van der Waals surface area contributed by atoms with Crippen molar-refractivity contribution in [2.75, 3.05) is 5.43 Å². The minimum atomic E-state index is -0.129. The Bertz CT molecular complexity index is 568. The summed E-state index contributed by atoms with van der Waals surface area (Å²) < 4.78 is 0. The summed E-state index contributed by atoms with van der Waals surface area (Å²) in [6, 6.07) is 7.33. The Kier molecular flexibility index (Phi) is 4.70. The van der Waals surface area contributed by atoms with Crippen LogP contribution in [0.2, 0.25) is 0 Å². The van der Waals surface area contributed by atoms with Gasteiger partial charge in [-0.05, 0) is 29.5 Å². The van der Waals surface area contributed by atoms with Crippen molar-refractivity contribution in [3.63, 3.8) is 0 Å². The van der Waals surface area contributed by atoms with Gasteiger partial charge >= 0.3 is 0 Å². The number of nitrogens with zero attached hydrogens (tertiary/aromatic N) is 1. The molecule has 2 aromatic heterocycles. The summed E-state index contributed by atoms with van der Waals surface area (Å²) in [7, 11) is 0. The molecule has 0 aliphatic heterocycles. The maximum absolute atomic E-state index is 12.3. The number of carbonyl (C=O) groups excluding carboxylic acids is 1. The maximum atomic E-state index is 12.3. The zero-order valence-corrected chi connectivity index (χ0v) is 12.3. The molecular weight excluding hydrogens is 272 g/mol. The fraction of sp³-hybridized carbons (Fsp3) is 0.286. The maximum Gasteiger partial charge on any atom is 0.251 e. The van der Waals surface area contributed by atoms with E-state index >= 15 is 0 Å². The number of thiophene rings is 1. The first-order chi connectivity index (χ1) is 9.61. The van der Waals surface area contributed by atoms with Crippen molar-refractivity contribution in [3.05, 3.63) is 46.3 Å². The Labute approximate surface area is 122 Å². The molecule has 1 atom stereocenters. The molecule has 20 heavy (non-hydrogen) atoms. The fourth-order valence-electron chi connectivity index (χ4n) is 1.91. The van der Waals surface area contributed by atoms with Crippen LogP contribution in [0.1, 0.15) is 35.1 Å². The first-order valence-electron chi connectivity index (χ1n) is 6.38. The molecule has 2 rings (SSSR count). The number of aromatic nitrogens is 1. The lowest BCUT2D eigenvalue weighted by Gasteiger charge is -2.21. The fourth-order valence-corrected chi connectivity index (χ4v) is 2.86. The summed E-state index contributed by atoms with van der Waals surface area (Å²) in [5, 5.41) is 5.08. The SMILES string of the molecule is CC(C)C(NC(=O)c1ccnc(NN)c1)c1cccs1. The molecule has 0 saturated heterocycles. The van der Waals surface area contributed by atoms with Crippen LogP contribution >= 0.6 is 11.3 Å². The Balaban J connectivity index is 2.16. The molecule has 1 unspecified atom stereocenters. The van der Waals surface area contributed by atoms with Crippen LogP contribution in [0.25, 0.3) is 0 Å². The van der Waals surface area contributed by atoms with Crippen molar-refractivity contribution >= 4 is 23.1 Å². The van der Waals surface area contributed by atoms with E-state index in [0.29, 0.717) is 17.3 Å². The van der Waals surface area contributed by atoms with Crippen LogP contribution in [0, 0.1) is 5.92 Å². The van der Waals surface area contributed by atoms with Gasteiger partial charge in [0, 0.05) is 16.6 Å². The quantitative estimate of drug-likeness (QED) is 0.584. The molecule has 4 N–H and O–H groups in total. The largest absolute Gasteiger partial charge is 0.344 e. The van der Waals surface area contributed by atoms with Crippen molar-refractivity contribution in [2.45, 2.75) is 19.9 Å². The summed E-state index contributed by atoms with van der Waals surface area (Å²) in [5.74, 6) is 5.95. The summed E-state index contributed by atoms with van der Waals surface area (Å²) in [6.07, 6.45) is 1.56. The van der Waals surface area contributed by atoms with E-state index in [4.69, 9.17) is 5.84 Å². The molecule has 1 amide bonds. The van der Waals surface area contributed by atoms with E-state index in [9.17, 15) is 4.79 Å². The highest BCUT2D eigenvalue weighted by atomic mass is 32.1. The Morgan fingerprint density at radius 3 is 2.80 bits per heavy atom. The lowest BCUT2D eigenvalue weighted by Crippen LogP contribution is -2.31. The van der Waals surface area contributed by atoms with Gasteiger partial charge < -0.3 is 10.7 Å². The monoisotopic (exact) mass is 290 g/mol. The van der Waals surface area contributed by atoms with Gasteiger partial charge in [0.25, 0.3) is 5.91 Å². The van der Waals surface area contributed by atoms with Crippen molar-refractivity contribution in [1.29, 1.82) is 0 Å². The van der Waals surface area contributed by atoms with E-state index in [2.05, 4.69) is 29.6 Å². The Morgan fingerprint density at radius 2 is 2.20 bits per heavy atom. The third-order valence-corrected chi connectivity index (χ3v) is 3.93. The molecule has 0 radical (unpaired) electrons. The average Bonchev–Trinajstić information content (AvgIpc) is 2.98. The standard InChI is InChI=1S/C14H18N4OS/c1-9(2)13(11-4-3-7-20-11)17-14(19)10-5-6-16-12(8-10)18-15/h3-9,13H,15H2,1-2H3,(H,16,18)(H,17,19). The second kappa shape index (κ2) is 6.49. The Morgan fingerprint density at radius 1 is 1.40 bits per heavy atom. The minimum Gasteiger partial charge on any atom is -0.344 e. The zero-order valence-electron chi connectivity index (χ0n) is 11.5. The number of hydrazine groups is 1. The third kappa shape index (κ3) is 3.34. The summed E-state index contributed by atoms with van der Waals surface area (Å²) >= 11 is 1.64. The molecule has 0 spiro atoms. The van der Waals surface area contributed by atoms with Crippen molar-refractivity contribution in [1.82, 2.24) is 10.3 Å². The van der Waals surface area contributed by atoms with E-state index in [0.717, 1.165) is 4.88 Å². The molecule has 0 aliphatic carbocycles. The van der Waals surface area contributed by atoms with Gasteiger partial charge in [-0.1, -0.05) is 19.9 Å². The van der Waals surface area contributed by atoms with Gasteiger partial charge in [0.05, 0.1) is 6.04 Å². The number of anilines is 1. The van der Waals surface area contributed by atoms with Gasteiger partial charge in [-0.2, -0.15) is 0 Å². The lowest BCUT2D eigenvalue weighted by atomic mass is 10.0. The van der Waals surface area contributed by atoms with E-state index in [1.54, 1.807) is 29.7 Å². The van der Waals surface area contributed by atoms with Gasteiger partial charge in [0.2, 0.25) is 0 Å². The highest BCUT2D eigenvalue weighted by molar-refractivity contribution is 7.10. The molecule has 106 valence electrons. The van der Waals surface area contributed by atoms with Crippen LogP contribution in [-0.4, -0.2) is 10.9 Å². The van der Waals surface area contributed by atoms with E-state index < -0.39 is 0 Å². The second-order valence-corrected chi connectivity index (χ2v) is 5.76. The summed E-state index contributed by atoms with van der Waals surface area (Å²) in [6.45, 7) is 4.17. The van der Waals surface area contributed by atoms with E-state index in [1.165, 1.54) is 0 Å². The van der Waals surface area contributed by atoms with Crippen molar-refractivity contribution in [2.24, 2.45) is 11.8 Å². The van der Waals surface area contributed by atoms with Crippen LogP contribution in [0.5, 0.6) is 0 Å². The van der Waals surface area contributed by atoms with Crippen molar-refractivity contribution in [3.8, 4) is 0 Å². The highest BCUT2D eigenvalue weighted by Crippen LogP contribution is 2.26. The predicted octanol–water partition coefficient (Wildman–Crippen LogP) is 2.56. The van der Waals surface area contributed by atoms with E-state index in [-0.39, 0.29) is 11.9 Å². The van der Waals surface area contributed by atoms with Gasteiger partial charge in [0.1, 0.15) is 5.82 Å². The molecule has 6 heteroatoms. The van der Waals surface area contributed by atoms with Gasteiger partial charge in [-0.25, -0.2) is 10.8 Å². The number of amides is 1. The normalized spacial score (nSPS) is 12.2. The molecule has 5 nitrogen and oxygen atoms in total. The second-order valence-electron chi connectivity index (χ2n) is 4.78. The number of hydrogen-bond acceptors (Lipinski definition) is 5. The summed E-state index contributed by atoms with van der Waals surface area (Å²) in [4.78, 5) is 17.5. The van der Waals surface area contributed by atoms with Crippen LogP contribution in [0.3, 0.4) is 0 Å². The van der Waals surface area contributed by atoms with Crippen LogP contribution in [0.4, 0.5) is 5.82 Å². The number of carbonyl (C=O) groups is 1. The third-order valence-electron chi connectivity index (χ3n) is 2.97. The minimum absolute atomic E-state index is 0.00458. The highest BCUT2D eigenvalue weighted by Gasteiger charge is 2.20. The van der Waals surface area contributed by atoms with Gasteiger partial charge in [0.15, 0.2) is 0 Å². The van der Waals surface area contributed by atoms with Gasteiger partial charge in [-0.3, -0.25) is 4.79 Å². The van der Waals surface area contributed by atoms with Crippen LogP contribution in [-0.2, 0) is 0 Å². The first-order valence-corrected chi connectivity index (χ1v) is 7.26. The molecule has 0 saturated carbocycles.